The highest BCUT2D eigenvalue weighted by molar-refractivity contribution is 6.03. The number of hydrogen-bond acceptors (Lipinski definition) is 4. The van der Waals surface area contributed by atoms with Gasteiger partial charge in [-0.2, -0.15) is 5.10 Å². The van der Waals surface area contributed by atoms with Crippen molar-refractivity contribution in [3.05, 3.63) is 35.8 Å². The summed E-state index contributed by atoms with van der Waals surface area (Å²) in [4.78, 5) is 15.9. The molecule has 0 spiro atoms. The Kier molecular flexibility index (Phi) is 4.88. The number of nitrogens with zero attached hydrogens (tertiary/aromatic N) is 3. The van der Waals surface area contributed by atoms with E-state index in [0.717, 1.165) is 12.1 Å². The fourth-order valence-electron chi connectivity index (χ4n) is 1.66. The van der Waals surface area contributed by atoms with Crippen molar-refractivity contribution in [2.75, 3.05) is 11.1 Å². The van der Waals surface area contributed by atoms with Crippen LogP contribution in [0.1, 0.15) is 23.1 Å². The number of aromatic nitrogens is 3. The number of carbonyl (C=O) groups excluding carboxylic acids is 1. The second-order valence-electron chi connectivity index (χ2n) is 3.92. The van der Waals surface area contributed by atoms with Gasteiger partial charge in [-0.1, -0.05) is 13.0 Å². The van der Waals surface area contributed by atoms with Crippen LogP contribution in [0.15, 0.2) is 24.4 Å². The van der Waals surface area contributed by atoms with Gasteiger partial charge in [-0.05, 0) is 18.6 Å². The molecule has 6 nitrogen and oxygen atoms in total. The van der Waals surface area contributed by atoms with Gasteiger partial charge >= 0.3 is 0 Å². The molecule has 0 saturated heterocycles. The molecule has 0 fully saturated rings. The maximum Gasteiger partial charge on any atom is 0.274 e. The maximum absolute atomic E-state index is 12.0. The van der Waals surface area contributed by atoms with Crippen LogP contribution in [-0.4, -0.2) is 20.7 Å². The molecule has 102 valence electrons. The Morgan fingerprint density at radius 2 is 2.21 bits per heavy atom. The third kappa shape index (κ3) is 3.45. The van der Waals surface area contributed by atoms with E-state index in [2.05, 4.69) is 15.4 Å². The summed E-state index contributed by atoms with van der Waals surface area (Å²) < 4.78 is 1.67. The summed E-state index contributed by atoms with van der Waals surface area (Å²) in [5.41, 5.74) is 7.38. The first-order chi connectivity index (χ1) is 8.60. The highest BCUT2D eigenvalue weighted by Gasteiger charge is 2.12. The number of nitrogens with one attached hydrogen (secondary N) is 1. The number of carbonyl (C=O) groups is 1. The van der Waals surface area contributed by atoms with Crippen molar-refractivity contribution in [2.24, 2.45) is 7.05 Å². The number of hydrogen-bond donors (Lipinski definition) is 2. The Hall–Kier alpha value is -2.08. The largest absolute Gasteiger partial charge is 0.384 e. The quantitative estimate of drug-likeness (QED) is 0.895. The number of pyridine rings is 1. The molecular weight excluding hydrogens is 266 g/mol. The lowest BCUT2D eigenvalue weighted by molar-refractivity contribution is 0.102. The molecule has 2 rings (SSSR count). The number of halogens is 1. The van der Waals surface area contributed by atoms with Gasteiger partial charge in [0.2, 0.25) is 0 Å². The van der Waals surface area contributed by atoms with E-state index in [-0.39, 0.29) is 18.3 Å². The summed E-state index contributed by atoms with van der Waals surface area (Å²) in [6, 6.07) is 4.95. The van der Waals surface area contributed by atoms with Crippen LogP contribution in [0.25, 0.3) is 0 Å². The van der Waals surface area contributed by atoms with Gasteiger partial charge < -0.3 is 11.1 Å². The molecule has 2 aromatic heterocycles. The van der Waals surface area contributed by atoms with E-state index in [0.29, 0.717) is 17.2 Å². The summed E-state index contributed by atoms with van der Waals surface area (Å²) in [6.45, 7) is 1.98. The standard InChI is InChI=1S/C12H15N5O.ClH/c1-3-8-10(7-17(2)16-8)15-12(18)9-5-4-6-11(13)14-9;/h4-7H,3H2,1-2H3,(H2,13,14)(H,15,18);1H. The number of rotatable bonds is 3. The number of aryl methyl sites for hydroxylation is 2. The predicted molar refractivity (Wildman–Crippen MR) is 76.4 cm³/mol. The van der Waals surface area contributed by atoms with Crippen molar-refractivity contribution >= 4 is 29.8 Å². The van der Waals surface area contributed by atoms with E-state index in [1.165, 1.54) is 0 Å². The first-order valence-corrected chi connectivity index (χ1v) is 5.66. The molecule has 0 aromatic carbocycles. The Bertz CT molecular complexity index is 581. The van der Waals surface area contributed by atoms with Crippen LogP contribution in [0.4, 0.5) is 11.5 Å². The Balaban J connectivity index is 0.00000180. The molecule has 0 bridgehead atoms. The third-order valence-electron chi connectivity index (χ3n) is 2.49. The van der Waals surface area contributed by atoms with Gasteiger partial charge in [-0.3, -0.25) is 9.48 Å². The fraction of sp³-hybridized carbons (Fsp3) is 0.250. The molecule has 19 heavy (non-hydrogen) atoms. The Labute approximate surface area is 117 Å². The first-order valence-electron chi connectivity index (χ1n) is 5.66. The average molecular weight is 282 g/mol. The summed E-state index contributed by atoms with van der Waals surface area (Å²) in [5.74, 6) is 0.0366. The summed E-state index contributed by atoms with van der Waals surface area (Å²) in [6.07, 6.45) is 2.52. The molecule has 0 saturated carbocycles. The maximum atomic E-state index is 12.0. The van der Waals surface area contributed by atoms with Crippen LogP contribution in [0.5, 0.6) is 0 Å². The summed E-state index contributed by atoms with van der Waals surface area (Å²) in [5, 5.41) is 7.04. The molecule has 0 unspecified atom stereocenters. The van der Waals surface area contributed by atoms with Gasteiger partial charge in [0.15, 0.2) is 0 Å². The zero-order valence-electron chi connectivity index (χ0n) is 10.8. The lowest BCUT2D eigenvalue weighted by Gasteiger charge is -2.04. The highest BCUT2D eigenvalue weighted by atomic mass is 35.5. The van der Waals surface area contributed by atoms with Crippen molar-refractivity contribution in [1.29, 1.82) is 0 Å². The molecule has 0 radical (unpaired) electrons. The monoisotopic (exact) mass is 281 g/mol. The van der Waals surface area contributed by atoms with E-state index in [9.17, 15) is 4.79 Å². The number of nitrogen functional groups attached to an aromatic ring is 1. The van der Waals surface area contributed by atoms with E-state index >= 15 is 0 Å². The fourth-order valence-corrected chi connectivity index (χ4v) is 1.66. The molecular formula is C12H16ClN5O. The Morgan fingerprint density at radius 3 is 2.84 bits per heavy atom. The molecule has 3 N–H and O–H groups in total. The smallest absolute Gasteiger partial charge is 0.274 e. The van der Waals surface area contributed by atoms with Crippen LogP contribution in [0.3, 0.4) is 0 Å². The lowest BCUT2D eigenvalue weighted by Crippen LogP contribution is -2.14. The van der Waals surface area contributed by atoms with E-state index in [1.807, 2.05) is 14.0 Å². The molecule has 2 heterocycles. The van der Waals surface area contributed by atoms with Crippen LogP contribution in [-0.2, 0) is 13.5 Å². The minimum Gasteiger partial charge on any atom is -0.384 e. The van der Waals surface area contributed by atoms with Gasteiger partial charge in [0.1, 0.15) is 11.5 Å². The first kappa shape index (κ1) is 15.0. The topological polar surface area (TPSA) is 85.8 Å². The number of amides is 1. The molecule has 0 aliphatic heterocycles. The average Bonchev–Trinajstić information content (AvgIpc) is 2.69. The third-order valence-corrected chi connectivity index (χ3v) is 2.49. The van der Waals surface area contributed by atoms with Crippen molar-refractivity contribution in [1.82, 2.24) is 14.8 Å². The summed E-state index contributed by atoms with van der Waals surface area (Å²) in [7, 11) is 1.81. The van der Waals surface area contributed by atoms with Crippen molar-refractivity contribution in [3.8, 4) is 0 Å². The zero-order valence-corrected chi connectivity index (χ0v) is 11.6. The molecule has 0 aliphatic carbocycles. The van der Waals surface area contributed by atoms with Crippen LogP contribution in [0, 0.1) is 0 Å². The van der Waals surface area contributed by atoms with E-state index < -0.39 is 0 Å². The number of anilines is 2. The molecule has 2 aromatic rings. The highest BCUT2D eigenvalue weighted by Crippen LogP contribution is 2.14. The van der Waals surface area contributed by atoms with Gasteiger partial charge in [-0.15, -0.1) is 12.4 Å². The van der Waals surface area contributed by atoms with E-state index in [1.54, 1.807) is 29.1 Å². The second-order valence-corrected chi connectivity index (χ2v) is 3.92. The van der Waals surface area contributed by atoms with Crippen LogP contribution in [0.2, 0.25) is 0 Å². The van der Waals surface area contributed by atoms with Gasteiger partial charge in [0.05, 0.1) is 11.4 Å². The molecule has 1 amide bonds. The SMILES string of the molecule is CCc1nn(C)cc1NC(=O)c1cccc(N)n1.Cl. The molecule has 0 atom stereocenters. The Morgan fingerprint density at radius 1 is 1.47 bits per heavy atom. The minimum absolute atomic E-state index is 0. The van der Waals surface area contributed by atoms with Gasteiger partial charge in [0, 0.05) is 13.2 Å². The van der Waals surface area contributed by atoms with Gasteiger partial charge in [-0.25, -0.2) is 4.98 Å². The minimum atomic E-state index is -0.287. The number of nitrogens with two attached hydrogens (primary N) is 1. The van der Waals surface area contributed by atoms with Crippen molar-refractivity contribution in [3.63, 3.8) is 0 Å². The zero-order chi connectivity index (χ0) is 13.1. The molecule has 0 aliphatic rings. The van der Waals surface area contributed by atoms with Crippen LogP contribution >= 0.6 is 12.4 Å². The normalized spacial score (nSPS) is 9.79. The lowest BCUT2D eigenvalue weighted by atomic mass is 10.3. The van der Waals surface area contributed by atoms with E-state index in [4.69, 9.17) is 5.73 Å². The van der Waals surface area contributed by atoms with Crippen LogP contribution < -0.4 is 11.1 Å². The van der Waals surface area contributed by atoms with Crippen molar-refractivity contribution < 1.29 is 4.79 Å². The molecule has 7 heteroatoms. The summed E-state index contributed by atoms with van der Waals surface area (Å²) >= 11 is 0. The predicted octanol–water partition coefficient (Wildman–Crippen LogP) is 1.63. The van der Waals surface area contributed by atoms with Crippen molar-refractivity contribution in [2.45, 2.75) is 13.3 Å². The second kappa shape index (κ2) is 6.19. The van der Waals surface area contributed by atoms with Gasteiger partial charge in [0.25, 0.3) is 5.91 Å².